The minimum absolute atomic E-state index is 0.0445. The summed E-state index contributed by atoms with van der Waals surface area (Å²) in [5, 5.41) is 14.1. The molecular weight excluding hydrogens is 414 g/mol. The molecule has 0 fully saturated rings. The Bertz CT molecular complexity index is 1100. The quantitative estimate of drug-likeness (QED) is 0.336. The molecule has 1 heterocycles. The molecule has 0 atom stereocenters. The van der Waals surface area contributed by atoms with E-state index in [0.717, 1.165) is 49.1 Å². The van der Waals surface area contributed by atoms with Crippen LogP contribution in [-0.2, 0) is 19.5 Å². The summed E-state index contributed by atoms with van der Waals surface area (Å²) in [6, 6.07) is 14.8. The second-order valence-corrected chi connectivity index (χ2v) is 8.57. The van der Waals surface area contributed by atoms with Crippen LogP contribution >= 0.6 is 0 Å². The van der Waals surface area contributed by atoms with Crippen LogP contribution < -0.4 is 5.69 Å². The zero-order chi connectivity index (χ0) is 23.6. The highest BCUT2D eigenvalue weighted by molar-refractivity contribution is 5.95. The van der Waals surface area contributed by atoms with Crippen LogP contribution in [0.5, 0.6) is 0 Å². The molecule has 0 saturated carbocycles. The Labute approximate surface area is 195 Å². The number of unbranched alkanes of at least 4 members (excludes halogenated alkanes) is 5. The van der Waals surface area contributed by atoms with E-state index < -0.39 is 5.97 Å². The number of rotatable bonds is 13. The summed E-state index contributed by atoms with van der Waals surface area (Å²) >= 11 is 0. The van der Waals surface area contributed by atoms with Crippen molar-refractivity contribution in [3.05, 3.63) is 76.0 Å². The third-order valence-electron chi connectivity index (χ3n) is 5.99. The Morgan fingerprint density at radius 1 is 0.909 bits per heavy atom. The summed E-state index contributed by atoms with van der Waals surface area (Å²) in [7, 11) is 0. The van der Waals surface area contributed by atoms with E-state index in [-0.39, 0.29) is 11.3 Å². The first-order chi connectivity index (χ1) is 16.0. The SMILES string of the molecule is CCCCCCCn1nc(CCCC)n(Cc2ccc(-c3ccccc3C(=O)O)cc2)c1=O. The van der Waals surface area contributed by atoms with Gasteiger partial charge in [-0.05, 0) is 35.6 Å². The fraction of sp³-hybridized carbons (Fsp3) is 0.444. The van der Waals surface area contributed by atoms with Gasteiger partial charge in [-0.25, -0.2) is 14.3 Å². The molecule has 0 spiro atoms. The Kier molecular flexibility index (Phi) is 9.04. The Hall–Kier alpha value is -3.15. The lowest BCUT2D eigenvalue weighted by Gasteiger charge is -2.09. The number of carboxylic acid groups (broad SMARTS) is 1. The van der Waals surface area contributed by atoms with Crippen molar-refractivity contribution in [3.8, 4) is 11.1 Å². The van der Waals surface area contributed by atoms with E-state index in [0.29, 0.717) is 18.7 Å². The number of carbonyl (C=O) groups is 1. The predicted molar refractivity (Wildman–Crippen MR) is 132 cm³/mol. The standard InChI is InChI=1S/C27H35N3O3/c1-3-5-7-8-11-19-30-27(33)29(25(28-30)14-6-4-2)20-21-15-17-22(18-16-21)23-12-9-10-13-24(23)26(31)32/h9-10,12-13,15-18H,3-8,11,14,19-20H2,1-2H3,(H,31,32). The fourth-order valence-electron chi connectivity index (χ4n) is 4.07. The topological polar surface area (TPSA) is 77.1 Å². The molecule has 2 aromatic carbocycles. The summed E-state index contributed by atoms with van der Waals surface area (Å²) in [4.78, 5) is 24.6. The van der Waals surface area contributed by atoms with Crippen molar-refractivity contribution in [1.29, 1.82) is 0 Å². The molecule has 0 aliphatic rings. The fourth-order valence-corrected chi connectivity index (χ4v) is 4.07. The van der Waals surface area contributed by atoms with Gasteiger partial charge in [-0.2, -0.15) is 5.10 Å². The smallest absolute Gasteiger partial charge is 0.346 e. The van der Waals surface area contributed by atoms with E-state index in [4.69, 9.17) is 0 Å². The van der Waals surface area contributed by atoms with Gasteiger partial charge in [0.15, 0.2) is 0 Å². The van der Waals surface area contributed by atoms with Gasteiger partial charge in [0.25, 0.3) is 0 Å². The Morgan fingerprint density at radius 3 is 2.30 bits per heavy atom. The van der Waals surface area contributed by atoms with E-state index >= 15 is 0 Å². The van der Waals surface area contributed by atoms with Crippen LogP contribution in [-0.4, -0.2) is 25.4 Å². The van der Waals surface area contributed by atoms with E-state index in [1.165, 1.54) is 19.3 Å². The highest BCUT2D eigenvalue weighted by Crippen LogP contribution is 2.24. The van der Waals surface area contributed by atoms with Crippen LogP contribution in [0.4, 0.5) is 0 Å². The first kappa shape index (κ1) is 24.5. The number of carboxylic acids is 1. The monoisotopic (exact) mass is 449 g/mol. The number of aryl methyl sites for hydroxylation is 2. The van der Waals surface area contributed by atoms with Crippen LogP contribution in [0.1, 0.15) is 80.5 Å². The van der Waals surface area contributed by atoms with Gasteiger partial charge in [0.2, 0.25) is 0 Å². The van der Waals surface area contributed by atoms with Crippen LogP contribution in [0.2, 0.25) is 0 Å². The lowest BCUT2D eigenvalue weighted by molar-refractivity contribution is 0.0697. The van der Waals surface area contributed by atoms with E-state index in [2.05, 4.69) is 18.9 Å². The van der Waals surface area contributed by atoms with Crippen LogP contribution in [0.3, 0.4) is 0 Å². The van der Waals surface area contributed by atoms with E-state index in [1.807, 2.05) is 36.4 Å². The van der Waals surface area contributed by atoms with Crippen LogP contribution in [0.15, 0.2) is 53.3 Å². The molecule has 1 N–H and O–H groups in total. The summed E-state index contributed by atoms with van der Waals surface area (Å²) in [6.45, 7) is 5.47. The van der Waals surface area contributed by atoms with E-state index in [9.17, 15) is 14.7 Å². The van der Waals surface area contributed by atoms with E-state index in [1.54, 1.807) is 21.4 Å². The molecule has 33 heavy (non-hydrogen) atoms. The first-order valence-corrected chi connectivity index (χ1v) is 12.1. The molecule has 0 amide bonds. The second-order valence-electron chi connectivity index (χ2n) is 8.57. The number of hydrogen-bond acceptors (Lipinski definition) is 3. The first-order valence-electron chi connectivity index (χ1n) is 12.1. The van der Waals surface area contributed by atoms with Crippen molar-refractivity contribution in [3.63, 3.8) is 0 Å². The molecule has 0 aliphatic carbocycles. The molecule has 1 aromatic heterocycles. The third-order valence-corrected chi connectivity index (χ3v) is 5.99. The molecule has 176 valence electrons. The van der Waals surface area contributed by atoms with Crippen LogP contribution in [0.25, 0.3) is 11.1 Å². The summed E-state index contributed by atoms with van der Waals surface area (Å²) < 4.78 is 3.43. The molecular formula is C27H35N3O3. The van der Waals surface area contributed by atoms with Gasteiger partial charge < -0.3 is 5.11 Å². The van der Waals surface area contributed by atoms with Crippen molar-refractivity contribution < 1.29 is 9.90 Å². The number of nitrogens with zero attached hydrogens (tertiary/aromatic N) is 3. The normalized spacial score (nSPS) is 11.1. The number of hydrogen-bond donors (Lipinski definition) is 1. The maximum absolute atomic E-state index is 13.1. The molecule has 0 radical (unpaired) electrons. The van der Waals surface area contributed by atoms with Gasteiger partial charge in [0.1, 0.15) is 5.82 Å². The highest BCUT2D eigenvalue weighted by Gasteiger charge is 2.14. The molecule has 3 rings (SSSR count). The van der Waals surface area contributed by atoms with Gasteiger partial charge >= 0.3 is 11.7 Å². The number of benzene rings is 2. The van der Waals surface area contributed by atoms with Gasteiger partial charge in [-0.15, -0.1) is 0 Å². The molecule has 0 bridgehead atoms. The number of aromatic carboxylic acids is 1. The lowest BCUT2D eigenvalue weighted by Crippen LogP contribution is -2.26. The maximum Gasteiger partial charge on any atom is 0.346 e. The zero-order valence-corrected chi connectivity index (χ0v) is 19.8. The summed E-state index contributed by atoms with van der Waals surface area (Å²) in [5.74, 6) is -0.0976. The predicted octanol–water partition coefficient (Wildman–Crippen LogP) is 5.77. The van der Waals surface area contributed by atoms with Crippen molar-refractivity contribution >= 4 is 5.97 Å². The van der Waals surface area contributed by atoms with Gasteiger partial charge in [0, 0.05) is 13.0 Å². The van der Waals surface area contributed by atoms with Crippen molar-refractivity contribution in [2.24, 2.45) is 0 Å². The van der Waals surface area contributed by atoms with Crippen LogP contribution in [0, 0.1) is 0 Å². The third kappa shape index (κ3) is 6.44. The van der Waals surface area contributed by atoms with Gasteiger partial charge in [-0.1, -0.05) is 88.4 Å². The van der Waals surface area contributed by atoms with Crippen molar-refractivity contribution in [2.75, 3.05) is 0 Å². The molecule has 0 unspecified atom stereocenters. The number of aromatic nitrogens is 3. The van der Waals surface area contributed by atoms with Crippen molar-refractivity contribution in [2.45, 2.75) is 78.3 Å². The van der Waals surface area contributed by atoms with Crippen molar-refractivity contribution in [1.82, 2.24) is 14.3 Å². The second kappa shape index (κ2) is 12.2. The minimum Gasteiger partial charge on any atom is -0.478 e. The zero-order valence-electron chi connectivity index (χ0n) is 19.8. The average Bonchev–Trinajstić information content (AvgIpc) is 3.12. The summed E-state index contributed by atoms with van der Waals surface area (Å²) in [5.41, 5.74) is 2.76. The molecule has 6 nitrogen and oxygen atoms in total. The molecule has 3 aromatic rings. The molecule has 0 aliphatic heterocycles. The lowest BCUT2D eigenvalue weighted by atomic mass is 9.99. The maximum atomic E-state index is 13.1. The highest BCUT2D eigenvalue weighted by atomic mass is 16.4. The molecule has 0 saturated heterocycles. The van der Waals surface area contributed by atoms with Gasteiger partial charge in [-0.3, -0.25) is 4.57 Å². The Balaban J connectivity index is 1.79. The largest absolute Gasteiger partial charge is 0.478 e. The van der Waals surface area contributed by atoms with Gasteiger partial charge in [0.05, 0.1) is 12.1 Å². The average molecular weight is 450 g/mol. The Morgan fingerprint density at radius 2 is 1.61 bits per heavy atom. The minimum atomic E-state index is -0.941. The summed E-state index contributed by atoms with van der Waals surface area (Å²) in [6.07, 6.45) is 8.57. The molecule has 6 heteroatoms.